The Morgan fingerprint density at radius 2 is 2.32 bits per heavy atom. The van der Waals surface area contributed by atoms with E-state index >= 15 is 0 Å². The van der Waals surface area contributed by atoms with Crippen molar-refractivity contribution >= 4 is 17.5 Å². The molecule has 0 aliphatic rings. The number of rotatable bonds is 6. The fraction of sp³-hybridized carbons (Fsp3) is 0.308. The fourth-order valence-corrected chi connectivity index (χ4v) is 1.88. The maximum atomic E-state index is 13.9. The maximum absolute atomic E-state index is 13.9. The van der Waals surface area contributed by atoms with Gasteiger partial charge in [0.2, 0.25) is 5.95 Å². The van der Waals surface area contributed by atoms with Gasteiger partial charge in [0.15, 0.2) is 0 Å². The van der Waals surface area contributed by atoms with E-state index < -0.39 is 0 Å². The third-order valence-electron chi connectivity index (χ3n) is 2.62. The van der Waals surface area contributed by atoms with E-state index in [0.29, 0.717) is 29.8 Å². The van der Waals surface area contributed by atoms with E-state index in [1.165, 1.54) is 6.07 Å². The van der Waals surface area contributed by atoms with Crippen molar-refractivity contribution in [2.75, 3.05) is 25.6 Å². The molecule has 2 rings (SSSR count). The fourth-order valence-electron chi connectivity index (χ4n) is 1.72. The first-order chi connectivity index (χ1) is 9.22. The molecule has 0 radical (unpaired) electrons. The first-order valence-electron chi connectivity index (χ1n) is 5.94. The molecule has 1 heterocycles. The Hall–Kier alpha value is -1.59. The Kier molecular flexibility index (Phi) is 4.76. The molecule has 0 amide bonds. The van der Waals surface area contributed by atoms with E-state index in [9.17, 15) is 4.39 Å². The lowest BCUT2D eigenvalue weighted by Crippen LogP contribution is -2.10. The number of nitrogens with one attached hydrogen (secondary N) is 1. The van der Waals surface area contributed by atoms with Gasteiger partial charge in [-0.05, 0) is 24.6 Å². The molecule has 0 fully saturated rings. The Bertz CT molecular complexity index is 544. The van der Waals surface area contributed by atoms with Gasteiger partial charge in [0, 0.05) is 37.7 Å². The van der Waals surface area contributed by atoms with E-state index in [1.807, 2.05) is 0 Å². The number of benzene rings is 1. The number of hydrogen-bond donors (Lipinski definition) is 1. The molecular formula is C13H15ClFN3O. The second-order valence-electron chi connectivity index (χ2n) is 3.99. The topological polar surface area (TPSA) is 39.1 Å². The van der Waals surface area contributed by atoms with Crippen molar-refractivity contribution in [2.45, 2.75) is 6.42 Å². The minimum absolute atomic E-state index is 0.371. The van der Waals surface area contributed by atoms with Crippen LogP contribution in [0.4, 0.5) is 10.3 Å². The molecule has 0 spiro atoms. The van der Waals surface area contributed by atoms with Crippen LogP contribution in [0.2, 0.25) is 5.02 Å². The predicted molar refractivity (Wildman–Crippen MR) is 73.5 cm³/mol. The first-order valence-corrected chi connectivity index (χ1v) is 6.31. The van der Waals surface area contributed by atoms with Gasteiger partial charge in [-0.2, -0.15) is 0 Å². The highest BCUT2D eigenvalue weighted by Gasteiger charge is 2.09. The van der Waals surface area contributed by atoms with Gasteiger partial charge in [0.05, 0.1) is 5.69 Å². The van der Waals surface area contributed by atoms with Gasteiger partial charge in [-0.25, -0.2) is 9.37 Å². The van der Waals surface area contributed by atoms with Gasteiger partial charge in [-0.3, -0.25) is 4.57 Å². The summed E-state index contributed by atoms with van der Waals surface area (Å²) in [5.74, 6) is 0.211. The van der Waals surface area contributed by atoms with E-state index in [1.54, 1.807) is 36.2 Å². The van der Waals surface area contributed by atoms with Crippen molar-refractivity contribution in [1.29, 1.82) is 0 Å². The van der Waals surface area contributed by atoms with Crippen molar-refractivity contribution in [1.82, 2.24) is 9.55 Å². The molecule has 1 N–H and O–H groups in total. The SMILES string of the molecule is COCCCNc1nccn1-c1ccc(Cl)cc1F. The minimum Gasteiger partial charge on any atom is -0.385 e. The standard InChI is InChI=1S/C13H15ClFN3O/c1-19-8-2-5-16-13-17-6-7-18(13)12-4-3-10(14)9-11(12)15/h3-4,6-7,9H,2,5,8H2,1H3,(H,16,17). The third kappa shape index (κ3) is 3.45. The molecule has 1 aromatic carbocycles. The Labute approximate surface area is 116 Å². The Morgan fingerprint density at radius 1 is 1.47 bits per heavy atom. The largest absolute Gasteiger partial charge is 0.385 e. The summed E-state index contributed by atoms with van der Waals surface area (Å²) in [6.07, 6.45) is 4.17. The molecule has 0 unspecified atom stereocenters. The van der Waals surface area contributed by atoms with Gasteiger partial charge in [-0.15, -0.1) is 0 Å². The molecule has 102 valence electrons. The molecule has 1 aromatic heterocycles. The molecule has 0 saturated carbocycles. The normalized spacial score (nSPS) is 10.7. The molecule has 0 bridgehead atoms. The third-order valence-corrected chi connectivity index (χ3v) is 2.85. The summed E-state index contributed by atoms with van der Waals surface area (Å²) in [7, 11) is 1.66. The highest BCUT2D eigenvalue weighted by atomic mass is 35.5. The highest BCUT2D eigenvalue weighted by molar-refractivity contribution is 6.30. The summed E-state index contributed by atoms with van der Waals surface area (Å²) in [4.78, 5) is 4.17. The van der Waals surface area contributed by atoms with Crippen LogP contribution in [-0.4, -0.2) is 29.8 Å². The summed E-state index contributed by atoms with van der Waals surface area (Å²) in [5, 5.41) is 3.51. The van der Waals surface area contributed by atoms with Crippen molar-refractivity contribution < 1.29 is 9.13 Å². The lowest BCUT2D eigenvalue weighted by atomic mass is 10.3. The van der Waals surface area contributed by atoms with E-state index in [0.717, 1.165) is 6.42 Å². The van der Waals surface area contributed by atoms with Crippen LogP contribution < -0.4 is 5.32 Å². The lowest BCUT2D eigenvalue weighted by Gasteiger charge is -2.10. The van der Waals surface area contributed by atoms with Crippen LogP contribution >= 0.6 is 11.6 Å². The summed E-state index contributed by atoms with van der Waals surface area (Å²) >= 11 is 5.74. The highest BCUT2D eigenvalue weighted by Crippen LogP contribution is 2.21. The molecule has 2 aromatic rings. The monoisotopic (exact) mass is 283 g/mol. The number of halogens is 2. The average molecular weight is 284 g/mol. The maximum Gasteiger partial charge on any atom is 0.207 e. The van der Waals surface area contributed by atoms with Crippen molar-refractivity contribution in [2.24, 2.45) is 0 Å². The quantitative estimate of drug-likeness (QED) is 0.828. The van der Waals surface area contributed by atoms with Crippen molar-refractivity contribution in [3.05, 3.63) is 41.4 Å². The number of anilines is 1. The number of ether oxygens (including phenoxy) is 1. The second-order valence-corrected chi connectivity index (χ2v) is 4.43. The van der Waals surface area contributed by atoms with Crippen LogP contribution in [0.25, 0.3) is 5.69 Å². The Balaban J connectivity index is 2.14. The number of methoxy groups -OCH3 is 1. The lowest BCUT2D eigenvalue weighted by molar-refractivity contribution is 0.197. The molecule has 0 aliphatic carbocycles. The van der Waals surface area contributed by atoms with Crippen LogP contribution in [0.15, 0.2) is 30.6 Å². The number of hydrogen-bond acceptors (Lipinski definition) is 3. The second kappa shape index (κ2) is 6.54. The van der Waals surface area contributed by atoms with Crippen LogP contribution in [-0.2, 0) is 4.74 Å². The molecule has 6 heteroatoms. The van der Waals surface area contributed by atoms with Gasteiger partial charge >= 0.3 is 0 Å². The average Bonchev–Trinajstić information content (AvgIpc) is 2.83. The Morgan fingerprint density at radius 3 is 3.05 bits per heavy atom. The van der Waals surface area contributed by atoms with Gasteiger partial charge in [0.1, 0.15) is 5.82 Å². The summed E-state index contributed by atoms with van der Waals surface area (Å²) in [6.45, 7) is 1.38. The van der Waals surface area contributed by atoms with E-state index in [4.69, 9.17) is 16.3 Å². The predicted octanol–water partition coefficient (Wildman–Crippen LogP) is 3.11. The van der Waals surface area contributed by atoms with Crippen LogP contribution in [0.1, 0.15) is 6.42 Å². The molecule has 0 saturated heterocycles. The van der Waals surface area contributed by atoms with E-state index in [2.05, 4.69) is 10.3 Å². The summed E-state index contributed by atoms with van der Waals surface area (Å²) in [5.41, 5.74) is 0.413. The first kappa shape index (κ1) is 13.8. The van der Waals surface area contributed by atoms with Crippen molar-refractivity contribution in [3.8, 4) is 5.69 Å². The van der Waals surface area contributed by atoms with E-state index in [-0.39, 0.29) is 5.82 Å². The van der Waals surface area contributed by atoms with Crippen molar-refractivity contribution in [3.63, 3.8) is 0 Å². The summed E-state index contributed by atoms with van der Waals surface area (Å²) < 4.78 is 20.5. The molecule has 4 nitrogen and oxygen atoms in total. The number of aromatic nitrogens is 2. The minimum atomic E-state index is -0.384. The van der Waals surface area contributed by atoms with Crippen LogP contribution in [0.5, 0.6) is 0 Å². The van der Waals surface area contributed by atoms with Gasteiger partial charge < -0.3 is 10.1 Å². The van der Waals surface area contributed by atoms with Gasteiger partial charge in [0.25, 0.3) is 0 Å². The molecule has 0 aliphatic heterocycles. The number of nitrogens with zero attached hydrogens (tertiary/aromatic N) is 2. The van der Waals surface area contributed by atoms with Crippen LogP contribution in [0.3, 0.4) is 0 Å². The summed E-state index contributed by atoms with van der Waals surface area (Å²) in [6, 6.07) is 4.56. The van der Waals surface area contributed by atoms with Gasteiger partial charge in [-0.1, -0.05) is 11.6 Å². The molecule has 0 atom stereocenters. The smallest absolute Gasteiger partial charge is 0.207 e. The molecular weight excluding hydrogens is 269 g/mol. The zero-order valence-electron chi connectivity index (χ0n) is 10.6. The van der Waals surface area contributed by atoms with Crippen LogP contribution in [0, 0.1) is 5.82 Å². The zero-order valence-corrected chi connectivity index (χ0v) is 11.3. The number of imidazole rings is 1. The molecule has 19 heavy (non-hydrogen) atoms. The zero-order chi connectivity index (χ0) is 13.7.